The maximum absolute atomic E-state index is 10.5. The van der Waals surface area contributed by atoms with Crippen LogP contribution in [0, 0.1) is 0 Å². The molecule has 1 fully saturated rings. The number of hydrogen-bond acceptors (Lipinski definition) is 7. The zero-order valence-corrected chi connectivity index (χ0v) is 20.1. The van der Waals surface area contributed by atoms with Crippen LogP contribution < -0.4 is 17.2 Å². The van der Waals surface area contributed by atoms with Crippen molar-refractivity contribution in [1.29, 1.82) is 0 Å². The largest absolute Gasteiger partial charge is 0.480 e. The van der Waals surface area contributed by atoms with Gasteiger partial charge < -0.3 is 32.5 Å². The summed E-state index contributed by atoms with van der Waals surface area (Å²) < 4.78 is 0. The number of carbonyl (C=O) groups is 3. The molecule has 0 heterocycles. The van der Waals surface area contributed by atoms with E-state index in [9.17, 15) is 9.59 Å². The Balaban J connectivity index is 0.000000478. The monoisotopic (exact) mass is 489 g/mol. The number of carbonyl (C=O) groups excluding carboxylic acids is 1. The molecule has 0 aliphatic heterocycles. The van der Waals surface area contributed by atoms with Crippen LogP contribution in [-0.4, -0.2) is 58.8 Å². The van der Waals surface area contributed by atoms with Crippen molar-refractivity contribution in [3.63, 3.8) is 0 Å². The molecule has 1 atom stereocenters. The molecule has 0 unspecified atom stereocenters. The second kappa shape index (κ2) is 20.3. The Labute approximate surface area is 206 Å². The summed E-state index contributed by atoms with van der Waals surface area (Å²) in [5, 5.41) is 23.3. The van der Waals surface area contributed by atoms with Crippen LogP contribution in [0.4, 0.5) is 0 Å². The Morgan fingerprint density at radius 1 is 0.943 bits per heavy atom. The Bertz CT molecular complexity index is 825. The van der Waals surface area contributed by atoms with Gasteiger partial charge in [-0.05, 0) is 43.4 Å². The fourth-order valence-electron chi connectivity index (χ4n) is 2.98. The molecule has 1 aliphatic carbocycles. The SMILES string of the molecule is NC1CCCCC1.NCCC[C@H](N)C(=O)O.O=C(O)CO.O=Cc1ccc(-c2ccccc2)cc1. The fraction of sp³-hybridized carbons (Fsp3) is 0.423. The average Bonchev–Trinajstić information content (AvgIpc) is 2.89. The molecule has 0 saturated heterocycles. The average molecular weight is 490 g/mol. The van der Waals surface area contributed by atoms with Gasteiger partial charge in [-0.25, -0.2) is 4.79 Å². The molecule has 9 N–H and O–H groups in total. The molecule has 0 aromatic heterocycles. The van der Waals surface area contributed by atoms with Gasteiger partial charge in [0.1, 0.15) is 18.9 Å². The summed E-state index contributed by atoms with van der Waals surface area (Å²) in [6, 6.07) is 17.5. The summed E-state index contributed by atoms with van der Waals surface area (Å²) in [6.45, 7) is -0.277. The van der Waals surface area contributed by atoms with Crippen LogP contribution >= 0.6 is 0 Å². The summed E-state index contributed by atoms with van der Waals surface area (Å²) in [4.78, 5) is 29.6. The van der Waals surface area contributed by atoms with Gasteiger partial charge in [0, 0.05) is 11.6 Å². The van der Waals surface area contributed by atoms with E-state index in [1.165, 1.54) is 37.7 Å². The lowest BCUT2D eigenvalue weighted by Crippen LogP contribution is -2.30. The van der Waals surface area contributed by atoms with Crippen molar-refractivity contribution >= 4 is 18.2 Å². The highest BCUT2D eigenvalue weighted by Crippen LogP contribution is 2.18. The van der Waals surface area contributed by atoms with E-state index in [0.29, 0.717) is 31.0 Å². The van der Waals surface area contributed by atoms with Crippen LogP contribution in [0.5, 0.6) is 0 Å². The lowest BCUT2D eigenvalue weighted by molar-refractivity contribution is -0.140. The minimum Gasteiger partial charge on any atom is -0.480 e. The van der Waals surface area contributed by atoms with E-state index < -0.39 is 24.6 Å². The number of aliphatic hydroxyl groups excluding tert-OH is 1. The number of benzene rings is 2. The third-order valence-corrected chi connectivity index (χ3v) is 4.98. The highest BCUT2D eigenvalue weighted by atomic mass is 16.4. The number of hydrogen-bond donors (Lipinski definition) is 6. The third kappa shape index (κ3) is 17.0. The summed E-state index contributed by atoms with van der Waals surface area (Å²) >= 11 is 0. The van der Waals surface area contributed by atoms with Crippen LogP contribution in [0.25, 0.3) is 11.1 Å². The smallest absolute Gasteiger partial charge is 0.329 e. The molecular formula is C26H39N3O6. The molecule has 2 aromatic rings. The van der Waals surface area contributed by atoms with Crippen LogP contribution in [0.2, 0.25) is 0 Å². The van der Waals surface area contributed by atoms with Gasteiger partial charge in [0.15, 0.2) is 0 Å². The van der Waals surface area contributed by atoms with Crippen molar-refractivity contribution < 1.29 is 29.7 Å². The molecule has 9 nitrogen and oxygen atoms in total. The van der Waals surface area contributed by atoms with Crippen molar-refractivity contribution in [3.8, 4) is 11.1 Å². The number of carboxylic acids is 2. The quantitative estimate of drug-likeness (QED) is 0.317. The van der Waals surface area contributed by atoms with E-state index in [2.05, 4.69) is 12.1 Å². The molecule has 0 amide bonds. The molecule has 35 heavy (non-hydrogen) atoms. The maximum Gasteiger partial charge on any atom is 0.329 e. The molecule has 0 bridgehead atoms. The molecule has 2 aromatic carbocycles. The highest BCUT2D eigenvalue weighted by Gasteiger charge is 2.09. The molecule has 1 saturated carbocycles. The zero-order valence-electron chi connectivity index (χ0n) is 20.1. The summed E-state index contributed by atoms with van der Waals surface area (Å²) in [7, 11) is 0. The Hall–Kier alpha value is -3.11. The lowest BCUT2D eigenvalue weighted by atomic mass is 9.97. The minimum atomic E-state index is -1.19. The Morgan fingerprint density at radius 3 is 1.83 bits per heavy atom. The number of carboxylic acid groups (broad SMARTS) is 2. The van der Waals surface area contributed by atoms with E-state index in [0.717, 1.165) is 11.8 Å². The van der Waals surface area contributed by atoms with Gasteiger partial charge in [-0.15, -0.1) is 0 Å². The van der Waals surface area contributed by atoms with Gasteiger partial charge in [-0.2, -0.15) is 0 Å². The first-order chi connectivity index (χ1) is 16.7. The third-order valence-electron chi connectivity index (χ3n) is 4.98. The second-order valence-corrected chi connectivity index (χ2v) is 7.93. The van der Waals surface area contributed by atoms with Crippen molar-refractivity contribution in [2.75, 3.05) is 13.2 Å². The zero-order chi connectivity index (χ0) is 26.5. The van der Waals surface area contributed by atoms with E-state index in [1.807, 2.05) is 42.5 Å². The van der Waals surface area contributed by atoms with E-state index in [1.54, 1.807) is 0 Å². The van der Waals surface area contributed by atoms with Crippen LogP contribution in [0.3, 0.4) is 0 Å². The van der Waals surface area contributed by atoms with Crippen molar-refractivity contribution in [1.82, 2.24) is 0 Å². The van der Waals surface area contributed by atoms with Gasteiger partial charge >= 0.3 is 11.9 Å². The standard InChI is InChI=1S/C13H10O.C6H13N.C5H12N2O2.C2H4O3/c14-10-11-6-8-13(9-7-11)12-4-2-1-3-5-12;7-6-4-2-1-3-5-6;6-3-1-2-4(7)5(8)9;3-1-2(4)5/h1-10H;6H,1-5,7H2;4H,1-3,6-7H2,(H,8,9);3H,1H2,(H,4,5)/t;;4-;/m..0./s1. The van der Waals surface area contributed by atoms with Crippen molar-refractivity contribution in [2.45, 2.75) is 57.0 Å². The van der Waals surface area contributed by atoms with E-state index in [4.69, 9.17) is 37.3 Å². The predicted octanol–water partition coefficient (Wildman–Crippen LogP) is 2.64. The summed E-state index contributed by atoms with van der Waals surface area (Å²) in [5.74, 6) is -2.14. The number of nitrogens with two attached hydrogens (primary N) is 3. The van der Waals surface area contributed by atoms with Crippen LogP contribution in [-0.2, 0) is 9.59 Å². The molecule has 1 aliphatic rings. The number of aliphatic hydroxyl groups is 1. The summed E-state index contributed by atoms with van der Waals surface area (Å²) in [6.07, 6.45) is 8.66. The van der Waals surface area contributed by atoms with Crippen LogP contribution in [0.1, 0.15) is 55.3 Å². The number of rotatable bonds is 7. The first-order valence-corrected chi connectivity index (χ1v) is 11.6. The molecule has 0 spiro atoms. The topological polar surface area (TPSA) is 190 Å². The van der Waals surface area contributed by atoms with E-state index in [-0.39, 0.29) is 0 Å². The number of aldehydes is 1. The molecular weight excluding hydrogens is 450 g/mol. The molecule has 3 rings (SSSR count). The second-order valence-electron chi connectivity index (χ2n) is 7.93. The van der Waals surface area contributed by atoms with Gasteiger partial charge in [-0.3, -0.25) is 9.59 Å². The molecule has 0 radical (unpaired) electrons. The summed E-state index contributed by atoms with van der Waals surface area (Å²) in [5.41, 5.74) is 18.9. The Morgan fingerprint density at radius 2 is 1.46 bits per heavy atom. The van der Waals surface area contributed by atoms with Crippen LogP contribution in [0.15, 0.2) is 54.6 Å². The van der Waals surface area contributed by atoms with Gasteiger partial charge in [0.25, 0.3) is 0 Å². The first kappa shape index (κ1) is 31.9. The minimum absolute atomic E-state index is 0.464. The maximum atomic E-state index is 10.5. The van der Waals surface area contributed by atoms with Gasteiger partial charge in [-0.1, -0.05) is 73.9 Å². The number of aliphatic carboxylic acids is 2. The predicted molar refractivity (Wildman–Crippen MR) is 137 cm³/mol. The van der Waals surface area contributed by atoms with Gasteiger partial charge in [0.05, 0.1) is 0 Å². The normalized spacial score (nSPS) is 13.4. The molecule has 9 heteroatoms. The first-order valence-electron chi connectivity index (χ1n) is 11.6. The fourth-order valence-corrected chi connectivity index (χ4v) is 2.98. The van der Waals surface area contributed by atoms with Crippen molar-refractivity contribution in [2.24, 2.45) is 17.2 Å². The lowest BCUT2D eigenvalue weighted by Gasteiger charge is -2.15. The molecule has 194 valence electrons. The highest BCUT2D eigenvalue weighted by molar-refractivity contribution is 5.76. The van der Waals surface area contributed by atoms with E-state index >= 15 is 0 Å². The van der Waals surface area contributed by atoms with Gasteiger partial charge in [0.2, 0.25) is 0 Å². The van der Waals surface area contributed by atoms with Crippen molar-refractivity contribution in [3.05, 3.63) is 60.2 Å². The Kier molecular flexibility index (Phi) is 18.5.